The molecule has 6 N–H and O–H groups in total. The summed E-state index contributed by atoms with van der Waals surface area (Å²) in [7, 11) is 1.19. The number of nitrogens with zero attached hydrogens (tertiary/aromatic N) is 2. The van der Waals surface area contributed by atoms with Crippen LogP contribution in [0.25, 0.3) is 0 Å². The molecule has 1 aliphatic heterocycles. The Bertz CT molecular complexity index is 1830. The highest BCUT2D eigenvalue weighted by atomic mass is 16.5. The molecule has 1 aromatic rings. The third-order valence-corrected chi connectivity index (χ3v) is 11.7. The molecule has 18 nitrogen and oxygen atoms in total. The number of allylic oxidation sites excluding steroid dienone is 1. The molecule has 1 aromatic heterocycles. The monoisotopic (exact) mass is 852 g/mol. The number of aromatic nitrogens is 1. The molecule has 1 saturated heterocycles. The van der Waals surface area contributed by atoms with Crippen LogP contribution in [0.2, 0.25) is 0 Å². The van der Waals surface area contributed by atoms with Crippen molar-refractivity contribution in [3.8, 4) is 0 Å². The van der Waals surface area contributed by atoms with Crippen LogP contribution in [0.3, 0.4) is 0 Å². The van der Waals surface area contributed by atoms with Gasteiger partial charge in [-0.2, -0.15) is 0 Å². The van der Waals surface area contributed by atoms with E-state index >= 15 is 0 Å². The predicted octanol–water partition coefficient (Wildman–Crippen LogP) is 2.23. The Balaban J connectivity index is 1.55. The summed E-state index contributed by atoms with van der Waals surface area (Å²) in [6.07, 6.45) is 12.1. The van der Waals surface area contributed by atoms with Gasteiger partial charge >= 0.3 is 17.9 Å². The largest absolute Gasteiger partial charge is 0.480 e. The van der Waals surface area contributed by atoms with E-state index in [0.29, 0.717) is 25.7 Å². The van der Waals surface area contributed by atoms with Crippen LogP contribution in [0.5, 0.6) is 0 Å². The van der Waals surface area contributed by atoms with Crippen molar-refractivity contribution >= 4 is 53.2 Å². The summed E-state index contributed by atoms with van der Waals surface area (Å²) in [5.74, 6) is -7.72. The van der Waals surface area contributed by atoms with Gasteiger partial charge in [-0.25, -0.2) is 14.4 Å². The standard InChI is InChI=1S/C43H60N6O12/c1-43(2,3)36(48-37(53)30(17-11-12-18-33(52)61-4)45-32(51)21-27-19-20-44-23-29(27)41(57)58)40(56)49-24-28(50)22-31(49)38(54)46-34(25-13-7-5-8-14-25)39(55)47-35(42(59)60)26-15-9-6-10-16-26/h12,18-20,23,25-26,30-31,34-36H,5-11,13-17,21-22,24H2,1-4H3,(H,45,51)(H,46,54)(H,47,55)(H,48,53)(H,57,58)(H,59,60)/b18-12+/t30-,31-,34-,35-,36+/m0/s1. The number of pyridine rings is 1. The average molecular weight is 853 g/mol. The Morgan fingerprint density at radius 3 is 2.07 bits per heavy atom. The van der Waals surface area contributed by atoms with Gasteiger partial charge in [-0.05, 0) is 67.4 Å². The molecule has 3 aliphatic rings. The molecule has 5 atom stereocenters. The number of rotatable bonds is 18. The third-order valence-electron chi connectivity index (χ3n) is 11.7. The van der Waals surface area contributed by atoms with Gasteiger partial charge in [-0.3, -0.25) is 33.8 Å². The van der Waals surface area contributed by atoms with E-state index in [-0.39, 0.29) is 42.2 Å². The first-order chi connectivity index (χ1) is 28.9. The molecule has 0 unspecified atom stereocenters. The zero-order valence-electron chi connectivity index (χ0n) is 35.4. The van der Waals surface area contributed by atoms with E-state index in [1.54, 1.807) is 20.8 Å². The molecule has 2 heterocycles. The zero-order valence-corrected chi connectivity index (χ0v) is 35.4. The van der Waals surface area contributed by atoms with Gasteiger partial charge in [0, 0.05) is 24.9 Å². The van der Waals surface area contributed by atoms with Crippen molar-refractivity contribution in [1.29, 1.82) is 0 Å². The molecule has 61 heavy (non-hydrogen) atoms. The smallest absolute Gasteiger partial charge is 0.337 e. The SMILES string of the molecule is COC(=O)/C=C/CC[C@H](NC(=O)Cc1ccncc1C(=O)O)C(=O)N[C@H](C(=O)N1CC(=O)C[C@H]1C(=O)N[C@H](C(=O)N[C@H](C(=O)O)C1CCCCC1)C1CCCCC1)C(C)(C)C. The molecule has 2 saturated carbocycles. The van der Waals surface area contributed by atoms with Crippen LogP contribution >= 0.6 is 0 Å². The maximum absolute atomic E-state index is 14.5. The highest BCUT2D eigenvalue weighted by Crippen LogP contribution is 2.30. The molecule has 0 spiro atoms. The number of Topliss-reactive ketones (excluding diaryl/α,β-unsaturated/α-hetero) is 1. The lowest BCUT2D eigenvalue weighted by Gasteiger charge is -2.37. The molecule has 0 bridgehead atoms. The van der Waals surface area contributed by atoms with Crippen molar-refractivity contribution in [2.24, 2.45) is 17.3 Å². The lowest BCUT2D eigenvalue weighted by atomic mass is 9.81. The average Bonchev–Trinajstić information content (AvgIpc) is 3.63. The molecule has 0 radical (unpaired) electrons. The summed E-state index contributed by atoms with van der Waals surface area (Å²) in [4.78, 5) is 124. The number of aromatic carboxylic acids is 1. The quantitative estimate of drug-likeness (QED) is 0.0915. The number of methoxy groups -OCH3 is 1. The first-order valence-electron chi connectivity index (χ1n) is 21.1. The number of hydrogen-bond acceptors (Lipinski definition) is 11. The Morgan fingerprint density at radius 2 is 1.49 bits per heavy atom. The predicted molar refractivity (Wildman–Crippen MR) is 218 cm³/mol. The first-order valence-corrected chi connectivity index (χ1v) is 21.1. The normalized spacial score (nSPS) is 19.6. The third kappa shape index (κ3) is 13.7. The van der Waals surface area contributed by atoms with E-state index in [1.165, 1.54) is 25.4 Å². The van der Waals surface area contributed by atoms with Gasteiger partial charge in [0.25, 0.3) is 0 Å². The van der Waals surface area contributed by atoms with Gasteiger partial charge in [0.15, 0.2) is 5.78 Å². The second kappa shape index (κ2) is 22.2. The van der Waals surface area contributed by atoms with Crippen molar-refractivity contribution in [2.75, 3.05) is 13.7 Å². The Labute approximate surface area is 355 Å². The number of ether oxygens (including phenoxy) is 1. The minimum Gasteiger partial charge on any atom is -0.480 e. The summed E-state index contributed by atoms with van der Waals surface area (Å²) in [5, 5.41) is 30.5. The number of carboxylic acid groups (broad SMARTS) is 2. The van der Waals surface area contributed by atoms with Crippen molar-refractivity contribution in [3.05, 3.63) is 41.7 Å². The van der Waals surface area contributed by atoms with Gasteiger partial charge in [0.05, 0.1) is 25.6 Å². The number of esters is 1. The Hall–Kier alpha value is -5.68. The number of amides is 5. The fraction of sp³-hybridized carbons (Fsp3) is 0.628. The summed E-state index contributed by atoms with van der Waals surface area (Å²) >= 11 is 0. The number of ketones is 1. The highest BCUT2D eigenvalue weighted by Gasteiger charge is 2.46. The Kier molecular flexibility index (Phi) is 17.5. The van der Waals surface area contributed by atoms with Gasteiger partial charge in [0.1, 0.15) is 30.2 Å². The van der Waals surface area contributed by atoms with Crippen molar-refractivity contribution in [1.82, 2.24) is 31.2 Å². The zero-order chi connectivity index (χ0) is 44.9. The molecule has 18 heteroatoms. The summed E-state index contributed by atoms with van der Waals surface area (Å²) in [5.41, 5.74) is -1.07. The number of likely N-dealkylation sites (tertiary alicyclic amines) is 1. The van der Waals surface area contributed by atoms with Crippen LogP contribution in [-0.2, 0) is 49.5 Å². The lowest BCUT2D eigenvalue weighted by Crippen LogP contribution is -2.62. The van der Waals surface area contributed by atoms with Gasteiger partial charge in [-0.1, -0.05) is 65.4 Å². The summed E-state index contributed by atoms with van der Waals surface area (Å²) < 4.78 is 4.61. The molecular formula is C43H60N6O12. The van der Waals surface area contributed by atoms with Crippen LogP contribution < -0.4 is 21.3 Å². The fourth-order valence-electron chi connectivity index (χ4n) is 8.39. The second-order valence-electron chi connectivity index (χ2n) is 17.3. The molecular weight excluding hydrogens is 793 g/mol. The van der Waals surface area contributed by atoms with E-state index in [9.17, 15) is 53.4 Å². The van der Waals surface area contributed by atoms with Gasteiger partial charge in [0.2, 0.25) is 29.5 Å². The second-order valence-corrected chi connectivity index (χ2v) is 17.3. The van der Waals surface area contributed by atoms with Crippen LogP contribution in [0, 0.1) is 17.3 Å². The number of nitrogens with one attached hydrogen (secondary N) is 4. The van der Waals surface area contributed by atoms with E-state index in [0.717, 1.165) is 55.7 Å². The van der Waals surface area contributed by atoms with Crippen molar-refractivity contribution in [2.45, 2.75) is 141 Å². The van der Waals surface area contributed by atoms with Gasteiger partial charge < -0.3 is 41.1 Å². The lowest BCUT2D eigenvalue weighted by molar-refractivity contribution is -0.146. The maximum atomic E-state index is 14.5. The van der Waals surface area contributed by atoms with Crippen LogP contribution in [-0.4, -0.2) is 117 Å². The number of aliphatic carboxylic acids is 1. The maximum Gasteiger partial charge on any atom is 0.337 e. The first kappa shape index (κ1) is 48.0. The molecule has 5 amide bonds. The summed E-state index contributed by atoms with van der Waals surface area (Å²) in [6, 6.07) is -4.84. The summed E-state index contributed by atoms with van der Waals surface area (Å²) in [6.45, 7) is 4.56. The minimum atomic E-state index is -1.34. The number of hydrogen-bond donors (Lipinski definition) is 6. The minimum absolute atomic E-state index is 0.0560. The van der Waals surface area contributed by atoms with Crippen LogP contribution in [0.15, 0.2) is 30.6 Å². The van der Waals surface area contributed by atoms with E-state index < -0.39 is 102 Å². The molecule has 334 valence electrons. The number of carbonyl (C=O) groups is 9. The number of carboxylic acids is 2. The van der Waals surface area contributed by atoms with Crippen LogP contribution in [0.1, 0.15) is 120 Å². The molecule has 2 aliphatic carbocycles. The number of carbonyl (C=O) groups excluding carboxylic acids is 7. The van der Waals surface area contributed by atoms with Gasteiger partial charge in [-0.15, -0.1) is 0 Å². The fourth-order valence-corrected chi connectivity index (χ4v) is 8.39. The van der Waals surface area contributed by atoms with E-state index in [2.05, 4.69) is 31.0 Å². The van der Waals surface area contributed by atoms with Crippen molar-refractivity contribution in [3.63, 3.8) is 0 Å². The van der Waals surface area contributed by atoms with Crippen molar-refractivity contribution < 1.29 is 58.1 Å². The van der Waals surface area contributed by atoms with E-state index in [4.69, 9.17) is 0 Å². The Morgan fingerprint density at radius 1 is 0.869 bits per heavy atom. The highest BCUT2D eigenvalue weighted by molar-refractivity contribution is 6.02. The topological polar surface area (TPSA) is 268 Å². The van der Waals surface area contributed by atoms with Crippen LogP contribution in [0.4, 0.5) is 0 Å². The molecule has 3 fully saturated rings. The molecule has 4 rings (SSSR count). The molecule has 0 aromatic carbocycles. The van der Waals surface area contributed by atoms with E-state index in [1.807, 2.05) is 0 Å².